The van der Waals surface area contributed by atoms with Crippen LogP contribution in [0.25, 0.3) is 11.4 Å². The number of ether oxygens (including phenoxy) is 1. The maximum Gasteiger partial charge on any atom is 0.319 e. The van der Waals surface area contributed by atoms with Gasteiger partial charge in [-0.15, -0.1) is 0 Å². The van der Waals surface area contributed by atoms with Crippen molar-refractivity contribution in [1.29, 1.82) is 0 Å². The first-order valence-electron chi connectivity index (χ1n) is 10.6. The third kappa shape index (κ3) is 4.09. The predicted molar refractivity (Wildman–Crippen MR) is 117 cm³/mol. The summed E-state index contributed by atoms with van der Waals surface area (Å²) in [4.78, 5) is 23.3. The Kier molecular flexibility index (Phi) is 5.05. The van der Waals surface area contributed by atoms with Crippen LogP contribution >= 0.6 is 0 Å². The van der Waals surface area contributed by atoms with Crippen molar-refractivity contribution in [1.82, 2.24) is 15.3 Å². The molecule has 4 heterocycles. The van der Waals surface area contributed by atoms with Gasteiger partial charge >= 0.3 is 6.03 Å². The van der Waals surface area contributed by atoms with E-state index in [1.54, 1.807) is 12.1 Å². The number of anilines is 2. The van der Waals surface area contributed by atoms with Crippen molar-refractivity contribution in [2.45, 2.75) is 43.5 Å². The van der Waals surface area contributed by atoms with Crippen molar-refractivity contribution in [3.63, 3.8) is 0 Å². The molecule has 2 atom stereocenters. The highest BCUT2D eigenvalue weighted by molar-refractivity contribution is 7.90. The standard InChI is InChI=1S/C21H25N5O4S/c1-2-22-21(27)23-14-5-3-13(4-6-14)19-24-18-12-31(28,29)11-17(18)20(25-19)26-9-15-7-8-16(10-26)30-15/h3-6,15-16H,2,7-12H2,1H3,(H2,22,23,27). The zero-order valence-electron chi connectivity index (χ0n) is 17.3. The number of urea groups is 1. The quantitative estimate of drug-likeness (QED) is 0.744. The van der Waals surface area contributed by atoms with Gasteiger partial charge in [0, 0.05) is 36.4 Å². The van der Waals surface area contributed by atoms with Gasteiger partial charge in [0.1, 0.15) is 5.82 Å². The van der Waals surface area contributed by atoms with Gasteiger partial charge in [0.05, 0.1) is 29.4 Å². The Balaban J connectivity index is 1.48. The molecule has 0 aliphatic carbocycles. The third-order valence-corrected chi connectivity index (χ3v) is 7.31. The molecular formula is C21H25N5O4S. The number of sulfone groups is 1. The minimum atomic E-state index is -3.22. The molecule has 164 valence electrons. The van der Waals surface area contributed by atoms with Crippen molar-refractivity contribution in [3.05, 3.63) is 35.5 Å². The molecule has 2 aromatic rings. The minimum Gasteiger partial charge on any atom is -0.371 e. The number of nitrogens with zero attached hydrogens (tertiary/aromatic N) is 3. The average molecular weight is 444 g/mol. The highest BCUT2D eigenvalue weighted by Gasteiger charge is 2.38. The first kappa shape index (κ1) is 20.2. The van der Waals surface area contributed by atoms with Crippen LogP contribution in [0.5, 0.6) is 0 Å². The van der Waals surface area contributed by atoms with Crippen LogP contribution in [0, 0.1) is 0 Å². The van der Waals surface area contributed by atoms with E-state index in [1.165, 1.54) is 0 Å². The van der Waals surface area contributed by atoms with E-state index in [1.807, 2.05) is 19.1 Å². The van der Waals surface area contributed by atoms with Crippen molar-refractivity contribution in [2.75, 3.05) is 29.9 Å². The fourth-order valence-electron chi connectivity index (χ4n) is 4.48. The van der Waals surface area contributed by atoms with Crippen molar-refractivity contribution in [2.24, 2.45) is 0 Å². The lowest BCUT2D eigenvalue weighted by Gasteiger charge is -2.34. The highest BCUT2D eigenvalue weighted by atomic mass is 32.2. The van der Waals surface area contributed by atoms with Gasteiger partial charge in [-0.3, -0.25) is 0 Å². The lowest BCUT2D eigenvalue weighted by atomic mass is 10.1. The Morgan fingerprint density at radius 2 is 1.84 bits per heavy atom. The van der Waals surface area contributed by atoms with Crippen LogP contribution in [0.3, 0.4) is 0 Å². The van der Waals surface area contributed by atoms with Gasteiger partial charge in [-0.05, 0) is 44.0 Å². The van der Waals surface area contributed by atoms with Crippen molar-refractivity contribution >= 4 is 27.4 Å². The fraction of sp³-hybridized carbons (Fsp3) is 0.476. The summed E-state index contributed by atoms with van der Waals surface area (Å²) in [6, 6.07) is 6.97. The van der Waals surface area contributed by atoms with Crippen LogP contribution in [0.1, 0.15) is 31.0 Å². The summed E-state index contributed by atoms with van der Waals surface area (Å²) in [5, 5.41) is 5.45. The number of benzene rings is 1. The van der Waals surface area contributed by atoms with E-state index < -0.39 is 9.84 Å². The molecular weight excluding hydrogens is 418 g/mol. The van der Waals surface area contributed by atoms with E-state index in [4.69, 9.17) is 9.72 Å². The second kappa shape index (κ2) is 7.76. The van der Waals surface area contributed by atoms with Gasteiger partial charge in [0.15, 0.2) is 15.7 Å². The molecule has 1 aromatic carbocycles. The third-order valence-electron chi connectivity index (χ3n) is 5.87. The van der Waals surface area contributed by atoms with Crippen LogP contribution in [-0.2, 0) is 26.1 Å². The molecule has 5 rings (SSSR count). The number of carbonyl (C=O) groups excluding carboxylic acids is 1. The largest absolute Gasteiger partial charge is 0.371 e. The Morgan fingerprint density at radius 3 is 2.52 bits per heavy atom. The summed E-state index contributed by atoms with van der Waals surface area (Å²) in [6.45, 7) is 3.83. The van der Waals surface area contributed by atoms with Crippen molar-refractivity contribution in [3.8, 4) is 11.4 Å². The van der Waals surface area contributed by atoms with Gasteiger partial charge in [0.2, 0.25) is 0 Å². The molecule has 2 fully saturated rings. The van der Waals surface area contributed by atoms with Gasteiger partial charge in [-0.25, -0.2) is 23.2 Å². The lowest BCUT2D eigenvalue weighted by molar-refractivity contribution is 0.0302. The van der Waals surface area contributed by atoms with E-state index in [2.05, 4.69) is 20.5 Å². The Labute approximate surface area is 181 Å². The smallest absolute Gasteiger partial charge is 0.319 e. The number of amides is 2. The molecule has 10 heteroatoms. The summed E-state index contributed by atoms with van der Waals surface area (Å²) in [5.41, 5.74) is 2.73. The van der Waals surface area contributed by atoms with Crippen LogP contribution in [-0.4, -0.2) is 56.3 Å². The number of hydrogen-bond acceptors (Lipinski definition) is 7. The monoisotopic (exact) mass is 443 g/mol. The van der Waals surface area contributed by atoms with Crippen LogP contribution < -0.4 is 15.5 Å². The molecule has 2 amide bonds. The second-order valence-corrected chi connectivity index (χ2v) is 10.3. The number of aromatic nitrogens is 2. The molecule has 0 saturated carbocycles. The molecule has 2 unspecified atom stereocenters. The summed E-state index contributed by atoms with van der Waals surface area (Å²) in [7, 11) is -3.22. The molecule has 0 spiro atoms. The van der Waals surface area contributed by atoms with Gasteiger partial charge in [0.25, 0.3) is 0 Å². The molecule has 1 aromatic heterocycles. The number of hydrogen-bond donors (Lipinski definition) is 2. The fourth-order valence-corrected chi connectivity index (χ4v) is 5.97. The topological polar surface area (TPSA) is 114 Å². The second-order valence-electron chi connectivity index (χ2n) is 8.25. The minimum absolute atomic E-state index is 0.0139. The summed E-state index contributed by atoms with van der Waals surface area (Å²) in [6.07, 6.45) is 2.40. The molecule has 3 aliphatic rings. The number of morpholine rings is 1. The molecule has 0 radical (unpaired) electrons. The first-order chi connectivity index (χ1) is 14.9. The number of nitrogens with one attached hydrogen (secondary N) is 2. The highest BCUT2D eigenvalue weighted by Crippen LogP contribution is 2.36. The molecule has 2 bridgehead atoms. The van der Waals surface area contributed by atoms with Crippen LogP contribution in [0.15, 0.2) is 24.3 Å². The maximum absolute atomic E-state index is 12.4. The zero-order chi connectivity index (χ0) is 21.6. The van der Waals surface area contributed by atoms with E-state index in [-0.39, 0.29) is 29.7 Å². The Hall–Kier alpha value is -2.72. The molecule has 9 nitrogen and oxygen atoms in total. The summed E-state index contributed by atoms with van der Waals surface area (Å²) < 4.78 is 30.7. The number of carbonyl (C=O) groups is 1. The van der Waals surface area contributed by atoms with Crippen LogP contribution in [0.4, 0.5) is 16.3 Å². The SMILES string of the molecule is CCNC(=O)Nc1ccc(-c2nc3c(c(N4CC5CCC(C4)O5)n2)CS(=O)(=O)C3)cc1. The number of rotatable bonds is 4. The average Bonchev–Trinajstić information content (AvgIpc) is 3.23. The summed E-state index contributed by atoms with van der Waals surface area (Å²) >= 11 is 0. The van der Waals surface area contributed by atoms with Crippen molar-refractivity contribution < 1.29 is 17.9 Å². The van der Waals surface area contributed by atoms with Gasteiger partial charge < -0.3 is 20.3 Å². The van der Waals surface area contributed by atoms with Crippen LogP contribution in [0.2, 0.25) is 0 Å². The van der Waals surface area contributed by atoms with E-state index >= 15 is 0 Å². The molecule has 3 aliphatic heterocycles. The van der Waals surface area contributed by atoms with E-state index in [9.17, 15) is 13.2 Å². The Morgan fingerprint density at radius 1 is 1.13 bits per heavy atom. The lowest BCUT2D eigenvalue weighted by Crippen LogP contribution is -2.43. The normalized spacial score (nSPS) is 23.5. The number of fused-ring (bicyclic) bond motifs is 3. The molecule has 31 heavy (non-hydrogen) atoms. The predicted octanol–water partition coefficient (Wildman–Crippen LogP) is 2.08. The van der Waals surface area contributed by atoms with E-state index in [0.29, 0.717) is 29.6 Å². The zero-order valence-corrected chi connectivity index (χ0v) is 18.1. The summed E-state index contributed by atoms with van der Waals surface area (Å²) in [5.74, 6) is 1.14. The van der Waals surface area contributed by atoms with E-state index in [0.717, 1.165) is 37.1 Å². The van der Waals surface area contributed by atoms with Gasteiger partial charge in [-0.2, -0.15) is 0 Å². The Bertz CT molecular complexity index is 1110. The van der Waals surface area contributed by atoms with Gasteiger partial charge in [-0.1, -0.05) is 0 Å². The maximum atomic E-state index is 12.4. The molecule has 2 N–H and O–H groups in total. The molecule has 2 saturated heterocycles. The first-order valence-corrected chi connectivity index (χ1v) is 12.4.